The maximum absolute atomic E-state index is 8.16. The molecule has 19 heavy (non-hydrogen) atoms. The Bertz CT molecular complexity index is 488. The molecule has 2 unspecified atom stereocenters. The molecule has 3 heteroatoms. The minimum atomic E-state index is -0.0395. The number of hydrogen-bond acceptors (Lipinski definition) is 2. The molecule has 3 nitrogen and oxygen atoms in total. The molecule has 0 heterocycles. The van der Waals surface area contributed by atoms with Crippen molar-refractivity contribution in [1.29, 1.82) is 5.41 Å². The van der Waals surface area contributed by atoms with Crippen LogP contribution in [0.15, 0.2) is 54.1 Å². The first-order valence-corrected chi connectivity index (χ1v) is 6.66. The number of allylic oxidation sites excluding steroid dienone is 2. The zero-order valence-corrected chi connectivity index (χ0v) is 11.5. The third-order valence-corrected chi connectivity index (χ3v) is 3.31. The van der Waals surface area contributed by atoms with Gasteiger partial charge in [0.05, 0.1) is 0 Å². The first-order valence-electron chi connectivity index (χ1n) is 6.66. The van der Waals surface area contributed by atoms with Crippen LogP contribution in [0, 0.1) is 11.3 Å². The monoisotopic (exact) mass is 255 g/mol. The Hall–Kier alpha value is -1.87. The van der Waals surface area contributed by atoms with E-state index in [2.05, 4.69) is 41.8 Å². The van der Waals surface area contributed by atoms with Crippen molar-refractivity contribution in [2.24, 2.45) is 5.92 Å². The average molecular weight is 255 g/mol. The van der Waals surface area contributed by atoms with Gasteiger partial charge >= 0.3 is 0 Å². The Morgan fingerprint density at radius 3 is 2.63 bits per heavy atom. The summed E-state index contributed by atoms with van der Waals surface area (Å²) in [5.74, 6) is 1.04. The topological polar surface area (TPSA) is 47.9 Å². The molecule has 2 atom stereocenters. The van der Waals surface area contributed by atoms with E-state index in [-0.39, 0.29) is 6.17 Å². The Balaban J connectivity index is 2.03. The molecular weight excluding hydrogens is 234 g/mol. The summed E-state index contributed by atoms with van der Waals surface area (Å²) >= 11 is 0. The normalized spacial score (nSPS) is 19.7. The molecule has 0 saturated heterocycles. The van der Waals surface area contributed by atoms with E-state index in [1.54, 1.807) is 0 Å². The maximum Gasteiger partial charge on any atom is 0.126 e. The first-order chi connectivity index (χ1) is 9.20. The van der Waals surface area contributed by atoms with E-state index in [0.29, 0.717) is 11.8 Å². The van der Waals surface area contributed by atoms with Crippen molar-refractivity contribution in [2.45, 2.75) is 19.5 Å². The van der Waals surface area contributed by atoms with Crippen LogP contribution in [0.5, 0.6) is 0 Å². The van der Waals surface area contributed by atoms with E-state index < -0.39 is 0 Å². The lowest BCUT2D eigenvalue weighted by Crippen LogP contribution is -2.36. The first kappa shape index (κ1) is 13.6. The molecule has 0 spiro atoms. The standard InChI is InChI=1S/C16H21N3/c1-12-8-10-13(11-9-12)15(17)19-16(18-2)14-6-4-3-5-7-14/h3-8,10-12,16,18H,9H2,1-2H3,(H2,17,19). The smallest absolute Gasteiger partial charge is 0.126 e. The second-order valence-corrected chi connectivity index (χ2v) is 4.88. The summed E-state index contributed by atoms with van der Waals surface area (Å²) in [5.41, 5.74) is 2.10. The van der Waals surface area contributed by atoms with Gasteiger partial charge < -0.3 is 5.32 Å². The van der Waals surface area contributed by atoms with Crippen LogP contribution in [0.3, 0.4) is 0 Å². The van der Waals surface area contributed by atoms with Gasteiger partial charge in [0.2, 0.25) is 0 Å². The number of rotatable bonds is 4. The van der Waals surface area contributed by atoms with Gasteiger partial charge in [-0.05, 0) is 24.9 Å². The second-order valence-electron chi connectivity index (χ2n) is 4.88. The predicted molar refractivity (Wildman–Crippen MR) is 80.1 cm³/mol. The van der Waals surface area contributed by atoms with Gasteiger partial charge in [-0.15, -0.1) is 0 Å². The number of hydrogen-bond donors (Lipinski definition) is 3. The Morgan fingerprint density at radius 2 is 2.05 bits per heavy atom. The number of benzene rings is 1. The average Bonchev–Trinajstić information content (AvgIpc) is 2.46. The quantitative estimate of drug-likeness (QED) is 0.440. The van der Waals surface area contributed by atoms with Gasteiger partial charge in [-0.1, -0.05) is 55.5 Å². The van der Waals surface area contributed by atoms with Gasteiger partial charge in [0.25, 0.3) is 0 Å². The fourth-order valence-electron chi connectivity index (χ4n) is 2.11. The molecule has 0 saturated carbocycles. The molecule has 0 aliphatic heterocycles. The molecule has 2 rings (SSSR count). The van der Waals surface area contributed by atoms with Crippen LogP contribution in [0.1, 0.15) is 25.1 Å². The number of amidine groups is 1. The van der Waals surface area contributed by atoms with Crippen molar-refractivity contribution < 1.29 is 0 Å². The van der Waals surface area contributed by atoms with Crippen molar-refractivity contribution in [3.8, 4) is 0 Å². The third kappa shape index (κ3) is 3.55. The molecule has 1 aliphatic rings. The minimum absolute atomic E-state index is 0.0395. The van der Waals surface area contributed by atoms with E-state index in [1.165, 1.54) is 0 Å². The van der Waals surface area contributed by atoms with Gasteiger partial charge in [-0.2, -0.15) is 0 Å². The Labute approximate surface area is 114 Å². The van der Waals surface area contributed by atoms with Crippen molar-refractivity contribution in [2.75, 3.05) is 7.05 Å². The fourth-order valence-corrected chi connectivity index (χ4v) is 2.11. The highest BCUT2D eigenvalue weighted by atomic mass is 15.1. The summed E-state index contributed by atoms with van der Waals surface area (Å²) in [6.07, 6.45) is 7.27. The van der Waals surface area contributed by atoms with Crippen LogP contribution in [-0.4, -0.2) is 12.9 Å². The van der Waals surface area contributed by atoms with Gasteiger partial charge in [0.15, 0.2) is 0 Å². The highest BCUT2D eigenvalue weighted by Crippen LogP contribution is 2.17. The molecule has 0 aromatic heterocycles. The summed E-state index contributed by atoms with van der Waals surface area (Å²) in [7, 11) is 1.89. The van der Waals surface area contributed by atoms with Crippen LogP contribution >= 0.6 is 0 Å². The molecule has 1 aromatic carbocycles. The zero-order chi connectivity index (χ0) is 13.7. The lowest BCUT2D eigenvalue weighted by Gasteiger charge is -2.21. The van der Waals surface area contributed by atoms with E-state index in [4.69, 9.17) is 5.41 Å². The lowest BCUT2D eigenvalue weighted by atomic mass is 9.98. The van der Waals surface area contributed by atoms with Gasteiger partial charge in [0, 0.05) is 5.57 Å². The van der Waals surface area contributed by atoms with Crippen molar-refractivity contribution in [3.05, 3.63) is 59.7 Å². The van der Waals surface area contributed by atoms with Gasteiger partial charge in [-0.25, -0.2) is 0 Å². The highest BCUT2D eigenvalue weighted by Gasteiger charge is 2.13. The molecule has 1 aliphatic carbocycles. The molecule has 1 aromatic rings. The van der Waals surface area contributed by atoms with Crippen molar-refractivity contribution in [1.82, 2.24) is 10.6 Å². The summed E-state index contributed by atoms with van der Waals surface area (Å²) < 4.78 is 0. The summed E-state index contributed by atoms with van der Waals surface area (Å²) in [5, 5.41) is 14.6. The minimum Gasteiger partial charge on any atom is -0.351 e. The second kappa shape index (κ2) is 6.34. The summed E-state index contributed by atoms with van der Waals surface area (Å²) in [6, 6.07) is 10.1. The van der Waals surface area contributed by atoms with Crippen molar-refractivity contribution in [3.63, 3.8) is 0 Å². The van der Waals surface area contributed by atoms with Crippen LogP contribution in [0.4, 0.5) is 0 Å². The van der Waals surface area contributed by atoms with Crippen LogP contribution in [0.2, 0.25) is 0 Å². The molecular formula is C16H21N3. The highest BCUT2D eigenvalue weighted by molar-refractivity contribution is 5.98. The fraction of sp³-hybridized carbons (Fsp3) is 0.312. The summed E-state index contributed by atoms with van der Waals surface area (Å²) in [4.78, 5) is 0. The molecule has 100 valence electrons. The maximum atomic E-state index is 8.16. The van der Waals surface area contributed by atoms with E-state index in [9.17, 15) is 0 Å². The van der Waals surface area contributed by atoms with Crippen molar-refractivity contribution >= 4 is 5.84 Å². The van der Waals surface area contributed by atoms with E-state index in [0.717, 1.165) is 17.6 Å². The van der Waals surface area contributed by atoms with Gasteiger partial charge in [0.1, 0.15) is 12.0 Å². The number of nitrogens with one attached hydrogen (secondary N) is 3. The van der Waals surface area contributed by atoms with E-state index >= 15 is 0 Å². The summed E-state index contributed by atoms with van der Waals surface area (Å²) in [6.45, 7) is 2.18. The molecule has 0 fully saturated rings. The van der Waals surface area contributed by atoms with Gasteiger partial charge in [-0.3, -0.25) is 10.7 Å². The van der Waals surface area contributed by atoms with Crippen LogP contribution in [-0.2, 0) is 0 Å². The van der Waals surface area contributed by atoms with Crippen LogP contribution < -0.4 is 10.6 Å². The SMILES string of the molecule is CNC(NC(=N)C1=CCC(C)C=C1)c1ccccc1. The predicted octanol–water partition coefficient (Wildman–Crippen LogP) is 2.99. The van der Waals surface area contributed by atoms with Crippen LogP contribution in [0.25, 0.3) is 0 Å². The third-order valence-electron chi connectivity index (χ3n) is 3.31. The zero-order valence-electron chi connectivity index (χ0n) is 11.5. The molecule has 0 radical (unpaired) electrons. The van der Waals surface area contributed by atoms with E-state index in [1.807, 2.05) is 31.3 Å². The Morgan fingerprint density at radius 1 is 1.32 bits per heavy atom. The molecule has 0 amide bonds. The largest absolute Gasteiger partial charge is 0.351 e. The molecule has 3 N–H and O–H groups in total. The lowest BCUT2D eigenvalue weighted by molar-refractivity contribution is 0.559. The Kier molecular flexibility index (Phi) is 4.53. The molecule has 0 bridgehead atoms.